The van der Waals surface area contributed by atoms with E-state index in [9.17, 15) is 4.79 Å². The molecule has 1 atom stereocenters. The fourth-order valence-electron chi connectivity index (χ4n) is 4.68. The maximum atomic E-state index is 11.9. The highest BCUT2D eigenvalue weighted by molar-refractivity contribution is 5.89. The van der Waals surface area contributed by atoms with E-state index in [0.717, 1.165) is 61.2 Å². The number of urea groups is 1. The normalized spacial score (nSPS) is 17.8. The number of rotatable bonds is 5. The Hall–Kier alpha value is -3.79. The molecule has 2 aliphatic heterocycles. The van der Waals surface area contributed by atoms with Crippen molar-refractivity contribution in [3.8, 4) is 11.4 Å². The van der Waals surface area contributed by atoms with Gasteiger partial charge >= 0.3 is 6.03 Å². The smallest absolute Gasteiger partial charge is 0.319 e. The van der Waals surface area contributed by atoms with Gasteiger partial charge in [-0.3, -0.25) is 0 Å². The maximum Gasteiger partial charge on any atom is 0.319 e. The van der Waals surface area contributed by atoms with E-state index >= 15 is 0 Å². The van der Waals surface area contributed by atoms with Crippen molar-refractivity contribution in [3.05, 3.63) is 54.0 Å². The SMILES string of the molecule is CCNC(=O)Nc1ccc(-c2nc3c(c(N4CCOC[C@@H]4C)n2)CCN(c2ncccn2)CC3)cc1. The number of morpholine rings is 1. The number of hydrogen-bond donors (Lipinski definition) is 2. The van der Waals surface area contributed by atoms with E-state index in [0.29, 0.717) is 25.6 Å². The van der Waals surface area contributed by atoms with Gasteiger partial charge in [0, 0.05) is 61.8 Å². The zero-order valence-corrected chi connectivity index (χ0v) is 20.8. The van der Waals surface area contributed by atoms with Gasteiger partial charge in [-0.1, -0.05) is 0 Å². The van der Waals surface area contributed by atoms with Crippen LogP contribution >= 0.6 is 0 Å². The molecule has 2 aromatic heterocycles. The molecule has 36 heavy (non-hydrogen) atoms. The molecule has 4 heterocycles. The van der Waals surface area contributed by atoms with Gasteiger partial charge in [0.1, 0.15) is 5.82 Å². The average Bonchev–Trinajstić information content (AvgIpc) is 3.12. The molecule has 1 aromatic carbocycles. The van der Waals surface area contributed by atoms with Crippen molar-refractivity contribution in [1.29, 1.82) is 0 Å². The van der Waals surface area contributed by atoms with Gasteiger partial charge in [0.05, 0.1) is 24.9 Å². The Bertz CT molecular complexity index is 1190. The molecular weight excluding hydrogens is 456 g/mol. The van der Waals surface area contributed by atoms with E-state index in [1.165, 1.54) is 5.56 Å². The number of anilines is 3. The maximum absolute atomic E-state index is 11.9. The number of hydrogen-bond acceptors (Lipinski definition) is 8. The Balaban J connectivity index is 1.47. The van der Waals surface area contributed by atoms with E-state index in [2.05, 4.69) is 37.3 Å². The van der Waals surface area contributed by atoms with Gasteiger partial charge in [-0.15, -0.1) is 0 Å². The number of benzene rings is 1. The van der Waals surface area contributed by atoms with Crippen LogP contribution in [0, 0.1) is 0 Å². The predicted octanol–water partition coefficient (Wildman–Crippen LogP) is 2.91. The van der Waals surface area contributed by atoms with E-state index in [1.807, 2.05) is 37.3 Å². The van der Waals surface area contributed by atoms with Crippen LogP contribution in [-0.2, 0) is 17.6 Å². The number of aromatic nitrogens is 4. The van der Waals surface area contributed by atoms with E-state index < -0.39 is 0 Å². The molecule has 188 valence electrons. The summed E-state index contributed by atoms with van der Waals surface area (Å²) in [6.07, 6.45) is 5.17. The highest BCUT2D eigenvalue weighted by Gasteiger charge is 2.28. The summed E-state index contributed by atoms with van der Waals surface area (Å²) in [4.78, 5) is 35.5. The van der Waals surface area contributed by atoms with Crippen molar-refractivity contribution < 1.29 is 9.53 Å². The topological polar surface area (TPSA) is 108 Å². The number of nitrogens with zero attached hydrogens (tertiary/aromatic N) is 6. The molecule has 2 aliphatic rings. The number of fused-ring (bicyclic) bond motifs is 1. The van der Waals surface area contributed by atoms with Gasteiger partial charge in [0.25, 0.3) is 0 Å². The van der Waals surface area contributed by atoms with Crippen LogP contribution in [0.5, 0.6) is 0 Å². The van der Waals surface area contributed by atoms with Crippen molar-refractivity contribution in [2.75, 3.05) is 54.5 Å². The molecule has 0 aliphatic carbocycles. The molecule has 0 radical (unpaired) electrons. The number of ether oxygens (including phenoxy) is 1. The molecule has 3 aromatic rings. The number of carbonyl (C=O) groups is 1. The standard InChI is InChI=1S/C26H32N8O2/c1-3-27-26(35)30-20-7-5-19(6-8-20)23-31-22-10-14-33(25-28-11-4-12-29-25)13-9-21(22)24(32-23)34-15-16-36-17-18(34)2/h4-8,11-12,18H,3,9-10,13-17H2,1-2H3,(H2,27,30,35)/t18-/m0/s1. The summed E-state index contributed by atoms with van der Waals surface area (Å²) in [5, 5.41) is 5.58. The molecule has 10 nitrogen and oxygen atoms in total. The molecule has 10 heteroatoms. The third-order valence-electron chi connectivity index (χ3n) is 6.53. The summed E-state index contributed by atoms with van der Waals surface area (Å²) in [6.45, 7) is 8.40. The lowest BCUT2D eigenvalue weighted by Crippen LogP contribution is -2.45. The highest BCUT2D eigenvalue weighted by atomic mass is 16.5. The van der Waals surface area contributed by atoms with E-state index in [1.54, 1.807) is 12.4 Å². The zero-order chi connectivity index (χ0) is 24.9. The second kappa shape index (κ2) is 10.9. The average molecular weight is 489 g/mol. The van der Waals surface area contributed by atoms with Gasteiger partial charge < -0.3 is 25.2 Å². The number of nitrogens with one attached hydrogen (secondary N) is 2. The highest BCUT2D eigenvalue weighted by Crippen LogP contribution is 2.31. The molecule has 2 amide bonds. The van der Waals surface area contributed by atoms with Crippen LogP contribution in [0.2, 0.25) is 0 Å². The van der Waals surface area contributed by atoms with Crippen molar-refractivity contribution in [1.82, 2.24) is 25.3 Å². The summed E-state index contributed by atoms with van der Waals surface area (Å²) in [6, 6.07) is 9.51. The molecule has 2 N–H and O–H groups in total. The Morgan fingerprint density at radius 3 is 2.61 bits per heavy atom. The van der Waals surface area contributed by atoms with Crippen molar-refractivity contribution >= 4 is 23.5 Å². The summed E-state index contributed by atoms with van der Waals surface area (Å²) < 4.78 is 5.70. The summed E-state index contributed by atoms with van der Waals surface area (Å²) in [7, 11) is 0. The van der Waals surface area contributed by atoms with Gasteiger partial charge in [-0.2, -0.15) is 0 Å². The number of carbonyl (C=O) groups excluding carboxylic acids is 1. The minimum absolute atomic E-state index is 0.220. The summed E-state index contributed by atoms with van der Waals surface area (Å²) in [5.41, 5.74) is 3.89. The van der Waals surface area contributed by atoms with Gasteiger partial charge in [0.2, 0.25) is 5.95 Å². The Kier molecular flexibility index (Phi) is 7.22. The van der Waals surface area contributed by atoms with E-state index in [-0.39, 0.29) is 12.1 Å². The molecule has 1 fully saturated rings. The van der Waals surface area contributed by atoms with E-state index in [4.69, 9.17) is 14.7 Å². The Morgan fingerprint density at radius 2 is 1.86 bits per heavy atom. The minimum atomic E-state index is -0.220. The van der Waals surface area contributed by atoms with Crippen molar-refractivity contribution in [2.45, 2.75) is 32.7 Å². The van der Waals surface area contributed by atoms with Crippen LogP contribution in [0.1, 0.15) is 25.1 Å². The first-order valence-electron chi connectivity index (χ1n) is 12.5. The number of amides is 2. The largest absolute Gasteiger partial charge is 0.377 e. The fourth-order valence-corrected chi connectivity index (χ4v) is 4.68. The van der Waals surface area contributed by atoms with Crippen LogP contribution < -0.4 is 20.4 Å². The lowest BCUT2D eigenvalue weighted by atomic mass is 10.1. The fraction of sp³-hybridized carbons (Fsp3) is 0.423. The third kappa shape index (κ3) is 5.23. The Morgan fingerprint density at radius 1 is 1.08 bits per heavy atom. The van der Waals surface area contributed by atoms with Gasteiger partial charge in [-0.05, 0) is 50.6 Å². The molecule has 0 spiro atoms. The first-order valence-corrected chi connectivity index (χ1v) is 12.5. The molecule has 0 unspecified atom stereocenters. The Labute approximate surface area is 211 Å². The third-order valence-corrected chi connectivity index (χ3v) is 6.53. The molecule has 0 bridgehead atoms. The minimum Gasteiger partial charge on any atom is -0.377 e. The van der Waals surface area contributed by atoms with Crippen molar-refractivity contribution in [3.63, 3.8) is 0 Å². The second-order valence-corrected chi connectivity index (χ2v) is 9.01. The summed E-state index contributed by atoms with van der Waals surface area (Å²) >= 11 is 0. The molecule has 1 saturated heterocycles. The lowest BCUT2D eigenvalue weighted by molar-refractivity contribution is 0.0984. The van der Waals surface area contributed by atoms with Crippen LogP contribution in [-0.4, -0.2) is 71.4 Å². The van der Waals surface area contributed by atoms with Crippen LogP contribution in [0.25, 0.3) is 11.4 Å². The molecular formula is C26H32N8O2. The van der Waals surface area contributed by atoms with Gasteiger partial charge in [-0.25, -0.2) is 24.7 Å². The summed E-state index contributed by atoms with van der Waals surface area (Å²) in [5.74, 6) is 2.43. The van der Waals surface area contributed by atoms with Crippen LogP contribution in [0.15, 0.2) is 42.7 Å². The second-order valence-electron chi connectivity index (χ2n) is 9.01. The van der Waals surface area contributed by atoms with Crippen LogP contribution in [0.3, 0.4) is 0 Å². The first-order chi connectivity index (χ1) is 17.6. The zero-order valence-electron chi connectivity index (χ0n) is 20.8. The quantitative estimate of drug-likeness (QED) is 0.564. The first kappa shape index (κ1) is 23.9. The monoisotopic (exact) mass is 488 g/mol. The lowest BCUT2D eigenvalue weighted by Gasteiger charge is -2.36. The molecule has 5 rings (SSSR count). The predicted molar refractivity (Wildman–Crippen MR) is 139 cm³/mol. The van der Waals surface area contributed by atoms with Crippen molar-refractivity contribution in [2.24, 2.45) is 0 Å². The molecule has 0 saturated carbocycles. The van der Waals surface area contributed by atoms with Gasteiger partial charge in [0.15, 0.2) is 5.82 Å². The van der Waals surface area contributed by atoms with Crippen LogP contribution in [0.4, 0.5) is 22.2 Å².